The van der Waals surface area contributed by atoms with E-state index in [-0.39, 0.29) is 11.0 Å². The number of hydrogen-bond acceptors (Lipinski definition) is 5. The maximum atomic E-state index is 12.8. The van der Waals surface area contributed by atoms with Crippen molar-refractivity contribution in [3.8, 4) is 16.5 Å². The molecule has 2 aromatic rings. The Labute approximate surface area is 120 Å². The van der Waals surface area contributed by atoms with Crippen molar-refractivity contribution in [3.63, 3.8) is 0 Å². The van der Waals surface area contributed by atoms with Gasteiger partial charge in [-0.3, -0.25) is 0 Å². The molecule has 19 heavy (non-hydrogen) atoms. The molecule has 0 saturated carbocycles. The topological polar surface area (TPSA) is 48.4 Å². The number of nitrogens with zero attached hydrogens (tertiary/aromatic N) is 1. The number of rotatable bonds is 5. The molecule has 0 amide bonds. The molecule has 0 aliphatic rings. The molecule has 100 valence electrons. The van der Waals surface area contributed by atoms with E-state index >= 15 is 0 Å². The fourth-order valence-corrected chi connectivity index (χ4v) is 3.15. The third-order valence-corrected chi connectivity index (χ3v) is 4.33. The molecule has 0 aliphatic heterocycles. The molecule has 0 N–H and O–H groups in total. The Balaban J connectivity index is 2.21. The molecule has 1 aromatic carbocycles. The number of aromatic nitrogens is 1. The van der Waals surface area contributed by atoms with Gasteiger partial charge < -0.3 is 0 Å². The van der Waals surface area contributed by atoms with Gasteiger partial charge >= 0.3 is 13.4 Å². The van der Waals surface area contributed by atoms with Crippen molar-refractivity contribution in [2.45, 2.75) is 0 Å². The molecule has 0 bridgehead atoms. The quantitative estimate of drug-likeness (QED) is 0.718. The maximum Gasteiger partial charge on any atom is 0.755 e. The minimum absolute atomic E-state index is 0.0701. The number of hydrogen-bond donors (Lipinski definition) is 0. The van der Waals surface area contributed by atoms with Crippen LogP contribution in [0, 0.1) is 5.82 Å². The van der Waals surface area contributed by atoms with Gasteiger partial charge in [-0.05, 0) is 40.2 Å². The Bertz CT molecular complexity index is 593. The molecule has 4 nitrogen and oxygen atoms in total. The lowest BCUT2D eigenvalue weighted by molar-refractivity contribution is 0.183. The summed E-state index contributed by atoms with van der Waals surface area (Å²) in [7, 11) is -2.59. The lowest BCUT2D eigenvalue weighted by atomic mass is 10.2. The summed E-state index contributed by atoms with van der Waals surface area (Å²) in [5, 5.41) is 0.0701. The predicted octanol–water partition coefficient (Wildman–Crippen LogP) is 4.69. The van der Waals surface area contributed by atoms with Crippen LogP contribution in [0.3, 0.4) is 0 Å². The Kier molecular flexibility index (Phi) is 4.93. The number of alkyl halides is 1. The van der Waals surface area contributed by atoms with E-state index in [0.717, 1.165) is 11.3 Å². The van der Waals surface area contributed by atoms with Crippen LogP contribution in [0.15, 0.2) is 28.1 Å². The van der Waals surface area contributed by atoms with E-state index in [1.54, 1.807) is 12.1 Å². The predicted molar refractivity (Wildman–Crippen MR) is 70.5 cm³/mol. The maximum absolute atomic E-state index is 12.8. The average molecular weight is 369 g/mol. The van der Waals surface area contributed by atoms with E-state index in [9.17, 15) is 13.3 Å². The molecule has 0 radical (unpaired) electrons. The second-order valence-electron chi connectivity index (χ2n) is 3.16. The molecule has 2 rings (SSSR count). The van der Waals surface area contributed by atoms with Gasteiger partial charge in [0.25, 0.3) is 0 Å². The van der Waals surface area contributed by atoms with Gasteiger partial charge in [-0.1, -0.05) is 15.9 Å². The number of thiazole rings is 1. The van der Waals surface area contributed by atoms with Crippen LogP contribution in [0.25, 0.3) is 11.3 Å². The summed E-state index contributed by atoms with van der Waals surface area (Å²) in [5.74, 6) is -0.356. The van der Waals surface area contributed by atoms with E-state index in [2.05, 4.69) is 25.4 Å². The van der Waals surface area contributed by atoms with Crippen LogP contribution in [-0.2, 0) is 9.09 Å². The van der Waals surface area contributed by atoms with E-state index < -0.39 is 15.1 Å². The van der Waals surface area contributed by atoms with Gasteiger partial charge in [-0.2, -0.15) is 9.51 Å². The normalized spacial score (nSPS) is 11.4. The van der Waals surface area contributed by atoms with Crippen LogP contribution >= 0.6 is 35.5 Å². The largest absolute Gasteiger partial charge is 0.755 e. The van der Waals surface area contributed by atoms with Crippen molar-refractivity contribution in [2.24, 2.45) is 0 Å². The minimum atomic E-state index is -2.59. The third-order valence-electron chi connectivity index (χ3n) is 1.99. The summed E-state index contributed by atoms with van der Waals surface area (Å²) in [4.78, 5) is 4.07. The van der Waals surface area contributed by atoms with E-state index in [1.807, 2.05) is 0 Å². The van der Waals surface area contributed by atoms with Gasteiger partial charge in [-0.15, -0.1) is 0 Å². The van der Waals surface area contributed by atoms with Crippen molar-refractivity contribution in [1.82, 2.24) is 4.98 Å². The first-order chi connectivity index (χ1) is 9.10. The molecule has 0 fully saturated rings. The van der Waals surface area contributed by atoms with Crippen molar-refractivity contribution in [1.29, 1.82) is 0 Å². The fourth-order valence-electron chi connectivity index (χ4n) is 1.24. The molecular weight excluding hydrogens is 363 g/mol. The molecule has 0 spiro atoms. The van der Waals surface area contributed by atoms with E-state index in [1.165, 1.54) is 12.1 Å². The second-order valence-corrected chi connectivity index (χ2v) is 6.33. The van der Waals surface area contributed by atoms with Crippen LogP contribution in [0.1, 0.15) is 0 Å². The van der Waals surface area contributed by atoms with Crippen LogP contribution < -0.4 is 4.52 Å². The lowest BCUT2D eigenvalue weighted by Crippen LogP contribution is -1.85. The molecular formula is C10H6BrF2NO3PS+. The van der Waals surface area contributed by atoms with Gasteiger partial charge in [0.1, 0.15) is 9.60 Å². The molecule has 0 saturated heterocycles. The van der Waals surface area contributed by atoms with Crippen molar-refractivity contribution >= 4 is 35.5 Å². The standard InChI is InChI=1S/C10H6BrF2NO3PS/c11-9-8(6-1-3-7(13)4-2-6)14-10(19-9)17-18(15)16-5-12/h1-4H,5H2/q+1. The Hall–Kier alpha value is -0.950. The van der Waals surface area contributed by atoms with E-state index in [4.69, 9.17) is 4.52 Å². The first-order valence-corrected chi connectivity index (χ1v) is 7.57. The zero-order valence-corrected chi connectivity index (χ0v) is 12.5. The van der Waals surface area contributed by atoms with Crippen molar-refractivity contribution in [2.75, 3.05) is 6.86 Å². The van der Waals surface area contributed by atoms with Crippen molar-refractivity contribution in [3.05, 3.63) is 33.9 Å². The third kappa shape index (κ3) is 3.76. The SMILES string of the molecule is O=[P+](OCF)Oc1nc(-c2ccc(F)cc2)c(Br)s1. The summed E-state index contributed by atoms with van der Waals surface area (Å²) in [6, 6.07) is 5.71. The smallest absolute Gasteiger partial charge is 0.214 e. The van der Waals surface area contributed by atoms with Crippen molar-refractivity contribution < 1.29 is 22.4 Å². The molecule has 0 aliphatic carbocycles. The molecule has 1 atom stereocenters. The number of benzene rings is 1. The van der Waals surface area contributed by atoms with Crippen LogP contribution in [0.4, 0.5) is 8.78 Å². The Morgan fingerprint density at radius 2 is 2.05 bits per heavy atom. The average Bonchev–Trinajstić information content (AvgIpc) is 2.71. The highest BCUT2D eigenvalue weighted by Crippen LogP contribution is 2.40. The lowest BCUT2D eigenvalue weighted by Gasteiger charge is -1.96. The second kappa shape index (κ2) is 6.47. The van der Waals surface area contributed by atoms with Gasteiger partial charge in [0.2, 0.25) is 6.86 Å². The first kappa shape index (κ1) is 14.5. The minimum Gasteiger partial charge on any atom is -0.214 e. The summed E-state index contributed by atoms with van der Waals surface area (Å²) < 4.78 is 45.3. The highest BCUT2D eigenvalue weighted by molar-refractivity contribution is 9.11. The summed E-state index contributed by atoms with van der Waals surface area (Å²) in [6.45, 7) is -1.20. The Morgan fingerprint density at radius 1 is 1.37 bits per heavy atom. The van der Waals surface area contributed by atoms with Crippen LogP contribution in [0.2, 0.25) is 0 Å². The Morgan fingerprint density at radius 3 is 2.68 bits per heavy atom. The van der Waals surface area contributed by atoms with Crippen LogP contribution in [0.5, 0.6) is 5.19 Å². The number of halogens is 3. The molecule has 1 unspecified atom stereocenters. The fraction of sp³-hybridized carbons (Fsp3) is 0.100. The first-order valence-electron chi connectivity index (χ1n) is 4.86. The highest BCUT2D eigenvalue weighted by atomic mass is 79.9. The zero-order valence-electron chi connectivity index (χ0n) is 9.18. The van der Waals surface area contributed by atoms with E-state index in [0.29, 0.717) is 15.0 Å². The van der Waals surface area contributed by atoms with Gasteiger partial charge in [-0.25, -0.2) is 8.78 Å². The highest BCUT2D eigenvalue weighted by Gasteiger charge is 2.26. The van der Waals surface area contributed by atoms with Gasteiger partial charge in [0.15, 0.2) is 0 Å². The summed E-state index contributed by atoms with van der Waals surface area (Å²) >= 11 is 4.34. The van der Waals surface area contributed by atoms with Crippen LogP contribution in [-0.4, -0.2) is 11.8 Å². The summed E-state index contributed by atoms with van der Waals surface area (Å²) in [5.41, 5.74) is 1.18. The molecule has 1 aromatic heterocycles. The molecule has 1 heterocycles. The monoisotopic (exact) mass is 368 g/mol. The van der Waals surface area contributed by atoms with Gasteiger partial charge in [0, 0.05) is 10.1 Å². The van der Waals surface area contributed by atoms with Gasteiger partial charge in [0.05, 0.1) is 5.69 Å². The zero-order chi connectivity index (χ0) is 13.8. The molecule has 9 heteroatoms. The summed E-state index contributed by atoms with van der Waals surface area (Å²) in [6.07, 6.45) is 0.